The van der Waals surface area contributed by atoms with Gasteiger partial charge in [0.1, 0.15) is 0 Å². The van der Waals surface area contributed by atoms with Gasteiger partial charge in [0.25, 0.3) is 5.91 Å². The maximum Gasteiger partial charge on any atom is 0.276 e. The van der Waals surface area contributed by atoms with Crippen molar-refractivity contribution in [2.24, 2.45) is 0 Å². The zero-order valence-electron chi connectivity index (χ0n) is 9.59. The van der Waals surface area contributed by atoms with E-state index < -0.39 is 0 Å². The number of carbonyl (C=O) groups is 1. The lowest BCUT2D eigenvalue weighted by Gasteiger charge is -2.43. The van der Waals surface area contributed by atoms with Gasteiger partial charge in [0.15, 0.2) is 5.69 Å². The van der Waals surface area contributed by atoms with Gasteiger partial charge in [-0.3, -0.25) is 9.69 Å². The minimum atomic E-state index is -0.0230. The van der Waals surface area contributed by atoms with Gasteiger partial charge in [0, 0.05) is 45.3 Å². The maximum atomic E-state index is 12.0. The van der Waals surface area contributed by atoms with Crippen molar-refractivity contribution >= 4 is 5.91 Å². The molecule has 0 spiro atoms. The highest BCUT2D eigenvalue weighted by Crippen LogP contribution is 2.11. The highest BCUT2D eigenvalue weighted by Gasteiger charge is 2.29. The molecule has 0 aromatic carbocycles. The molecule has 2 aliphatic rings. The molecule has 0 atom stereocenters. The first-order chi connectivity index (χ1) is 8.34. The number of nitrogens with zero attached hydrogens (tertiary/aromatic N) is 4. The Morgan fingerprint density at radius 1 is 1.29 bits per heavy atom. The van der Waals surface area contributed by atoms with Crippen LogP contribution in [-0.4, -0.2) is 76.4 Å². The number of H-pyrrole nitrogens is 1. The van der Waals surface area contributed by atoms with Crippen molar-refractivity contribution in [1.82, 2.24) is 30.5 Å². The summed E-state index contributed by atoms with van der Waals surface area (Å²) in [6.45, 7) is 5.63. The minimum Gasteiger partial charge on any atom is -0.335 e. The number of piperazine rings is 1. The molecule has 0 unspecified atom stereocenters. The molecule has 7 heteroatoms. The number of hydrogen-bond donors (Lipinski definition) is 2. The quantitative estimate of drug-likeness (QED) is 0.656. The van der Waals surface area contributed by atoms with Gasteiger partial charge in [-0.05, 0) is 0 Å². The smallest absolute Gasteiger partial charge is 0.276 e. The first-order valence-corrected chi connectivity index (χ1v) is 5.94. The van der Waals surface area contributed by atoms with E-state index in [4.69, 9.17) is 0 Å². The van der Waals surface area contributed by atoms with Crippen LogP contribution in [-0.2, 0) is 0 Å². The van der Waals surface area contributed by atoms with Crippen molar-refractivity contribution in [2.45, 2.75) is 6.04 Å². The van der Waals surface area contributed by atoms with E-state index >= 15 is 0 Å². The summed E-state index contributed by atoms with van der Waals surface area (Å²) in [6.07, 6.45) is 1.48. The van der Waals surface area contributed by atoms with Crippen LogP contribution in [0.2, 0.25) is 0 Å². The average Bonchev–Trinajstić information content (AvgIpc) is 2.80. The lowest BCUT2D eigenvalue weighted by atomic mass is 10.1. The Kier molecular flexibility index (Phi) is 2.77. The van der Waals surface area contributed by atoms with Crippen LogP contribution < -0.4 is 5.32 Å². The van der Waals surface area contributed by atoms with E-state index in [0.29, 0.717) is 11.7 Å². The van der Waals surface area contributed by atoms with E-state index in [9.17, 15) is 4.79 Å². The number of aromatic amines is 1. The van der Waals surface area contributed by atoms with Gasteiger partial charge in [-0.25, -0.2) is 0 Å². The molecule has 0 radical (unpaired) electrons. The summed E-state index contributed by atoms with van der Waals surface area (Å²) in [5, 5.41) is 13.2. The first kappa shape index (κ1) is 10.7. The third kappa shape index (κ3) is 2.03. The standard InChI is InChI=1S/C10H16N6O/c17-10(9-7-12-14-13-9)16-3-1-15(2-4-16)8-5-11-6-8/h7-8,11H,1-6H2,(H,12,13,14). The molecular formula is C10H16N6O. The average molecular weight is 236 g/mol. The van der Waals surface area contributed by atoms with Gasteiger partial charge in [-0.2, -0.15) is 15.4 Å². The number of nitrogens with one attached hydrogen (secondary N) is 2. The summed E-state index contributed by atoms with van der Waals surface area (Å²) in [5.41, 5.74) is 0.406. The van der Waals surface area contributed by atoms with E-state index in [-0.39, 0.29) is 5.91 Å². The number of aromatic nitrogens is 3. The first-order valence-electron chi connectivity index (χ1n) is 5.94. The van der Waals surface area contributed by atoms with E-state index in [0.717, 1.165) is 39.3 Å². The Morgan fingerprint density at radius 3 is 2.59 bits per heavy atom. The fourth-order valence-electron chi connectivity index (χ4n) is 2.29. The highest BCUT2D eigenvalue weighted by atomic mass is 16.2. The van der Waals surface area contributed by atoms with Gasteiger partial charge in [0.2, 0.25) is 0 Å². The van der Waals surface area contributed by atoms with Crippen LogP contribution in [0.3, 0.4) is 0 Å². The van der Waals surface area contributed by atoms with Crippen molar-refractivity contribution in [1.29, 1.82) is 0 Å². The number of carbonyl (C=O) groups excluding carboxylic acids is 1. The second-order valence-corrected chi connectivity index (χ2v) is 4.50. The van der Waals surface area contributed by atoms with Crippen molar-refractivity contribution in [3.63, 3.8) is 0 Å². The van der Waals surface area contributed by atoms with Gasteiger partial charge in [0.05, 0.1) is 6.20 Å². The Bertz CT molecular complexity index is 380. The molecule has 1 aromatic rings. The predicted octanol–water partition coefficient (Wildman–Crippen LogP) is -1.47. The molecule has 3 rings (SSSR count). The Hall–Kier alpha value is -1.47. The molecule has 92 valence electrons. The Labute approximate surface area is 99.2 Å². The molecule has 2 fully saturated rings. The highest BCUT2D eigenvalue weighted by molar-refractivity contribution is 5.91. The molecule has 17 heavy (non-hydrogen) atoms. The Morgan fingerprint density at radius 2 is 2.06 bits per heavy atom. The molecule has 3 heterocycles. The van der Waals surface area contributed by atoms with Crippen LogP contribution in [0.4, 0.5) is 0 Å². The zero-order valence-corrected chi connectivity index (χ0v) is 9.59. The molecule has 2 aliphatic heterocycles. The van der Waals surface area contributed by atoms with Crippen molar-refractivity contribution in [3.05, 3.63) is 11.9 Å². The van der Waals surface area contributed by atoms with Crippen LogP contribution in [0.25, 0.3) is 0 Å². The SMILES string of the molecule is O=C(c1cn[nH]n1)N1CCN(C2CNC2)CC1. The molecule has 0 bridgehead atoms. The minimum absolute atomic E-state index is 0.0230. The maximum absolute atomic E-state index is 12.0. The number of rotatable bonds is 2. The van der Waals surface area contributed by atoms with Gasteiger partial charge >= 0.3 is 0 Å². The molecule has 2 saturated heterocycles. The molecule has 0 saturated carbocycles. The van der Waals surface area contributed by atoms with Gasteiger partial charge < -0.3 is 10.2 Å². The van der Waals surface area contributed by atoms with Crippen LogP contribution in [0.5, 0.6) is 0 Å². The predicted molar refractivity (Wildman–Crippen MR) is 60.5 cm³/mol. The third-order valence-corrected chi connectivity index (χ3v) is 3.51. The van der Waals surface area contributed by atoms with E-state index in [1.165, 1.54) is 6.20 Å². The lowest BCUT2D eigenvalue weighted by Crippen LogP contribution is -2.62. The summed E-state index contributed by atoms with van der Waals surface area (Å²) in [4.78, 5) is 16.3. The lowest BCUT2D eigenvalue weighted by molar-refractivity contribution is 0.0497. The summed E-state index contributed by atoms with van der Waals surface area (Å²) < 4.78 is 0. The monoisotopic (exact) mass is 236 g/mol. The molecule has 0 aliphatic carbocycles. The number of amides is 1. The summed E-state index contributed by atoms with van der Waals surface area (Å²) >= 11 is 0. The van der Waals surface area contributed by atoms with Crippen molar-refractivity contribution in [2.75, 3.05) is 39.3 Å². The van der Waals surface area contributed by atoms with E-state index in [1.54, 1.807) is 0 Å². The molecule has 2 N–H and O–H groups in total. The third-order valence-electron chi connectivity index (χ3n) is 3.51. The van der Waals surface area contributed by atoms with Crippen LogP contribution >= 0.6 is 0 Å². The van der Waals surface area contributed by atoms with Gasteiger partial charge in [-0.15, -0.1) is 0 Å². The zero-order chi connectivity index (χ0) is 11.7. The Balaban J connectivity index is 1.55. The van der Waals surface area contributed by atoms with E-state index in [1.807, 2.05) is 4.90 Å². The molecular weight excluding hydrogens is 220 g/mol. The van der Waals surface area contributed by atoms with E-state index in [2.05, 4.69) is 25.6 Å². The van der Waals surface area contributed by atoms with Crippen LogP contribution in [0, 0.1) is 0 Å². The molecule has 7 nitrogen and oxygen atoms in total. The molecule has 1 aromatic heterocycles. The van der Waals surface area contributed by atoms with Crippen molar-refractivity contribution < 1.29 is 4.79 Å². The second-order valence-electron chi connectivity index (χ2n) is 4.50. The van der Waals surface area contributed by atoms with Gasteiger partial charge in [-0.1, -0.05) is 0 Å². The topological polar surface area (TPSA) is 77.2 Å². The fourth-order valence-corrected chi connectivity index (χ4v) is 2.29. The summed E-state index contributed by atoms with van der Waals surface area (Å²) in [7, 11) is 0. The molecule has 1 amide bonds. The van der Waals surface area contributed by atoms with Crippen LogP contribution in [0.1, 0.15) is 10.5 Å². The second kappa shape index (κ2) is 4.42. The van der Waals surface area contributed by atoms with Crippen LogP contribution in [0.15, 0.2) is 6.20 Å². The number of hydrogen-bond acceptors (Lipinski definition) is 5. The normalized spacial score (nSPS) is 22.5. The largest absolute Gasteiger partial charge is 0.335 e. The summed E-state index contributed by atoms with van der Waals surface area (Å²) in [5.74, 6) is -0.0230. The van der Waals surface area contributed by atoms with Crippen molar-refractivity contribution in [3.8, 4) is 0 Å². The summed E-state index contributed by atoms with van der Waals surface area (Å²) in [6, 6.07) is 0.666. The fraction of sp³-hybridized carbons (Fsp3) is 0.700.